The fourth-order valence-electron chi connectivity index (χ4n) is 14.5. The second kappa shape index (κ2) is 17.5. The first-order chi connectivity index (χ1) is 41.2. The van der Waals surface area contributed by atoms with Crippen LogP contribution in [-0.4, -0.2) is 4.57 Å². The summed E-state index contributed by atoms with van der Waals surface area (Å²) in [6.45, 7) is 0. The van der Waals surface area contributed by atoms with E-state index in [0.29, 0.717) is 0 Å². The van der Waals surface area contributed by atoms with Gasteiger partial charge in [-0.25, -0.2) is 0 Å². The number of anilines is 3. The molecule has 4 nitrogen and oxygen atoms in total. The van der Waals surface area contributed by atoms with Crippen molar-refractivity contribution >= 4 is 82.7 Å². The minimum absolute atomic E-state index is 0.421. The van der Waals surface area contributed by atoms with Gasteiger partial charge in [-0.2, -0.15) is 0 Å². The average molecular weight is 1060 g/mol. The lowest BCUT2D eigenvalue weighted by Crippen LogP contribution is -2.25. The Hall–Kier alpha value is -10.9. The molecule has 4 heteroatoms. The molecule has 1 spiro atoms. The third kappa shape index (κ3) is 6.57. The van der Waals surface area contributed by atoms with Gasteiger partial charge in [0.25, 0.3) is 0 Å². The van der Waals surface area contributed by atoms with E-state index < -0.39 is 5.41 Å². The van der Waals surface area contributed by atoms with E-state index in [0.717, 1.165) is 94.4 Å². The number of fused-ring (bicyclic) bond motifs is 19. The molecule has 0 bridgehead atoms. The highest BCUT2D eigenvalue weighted by molar-refractivity contribution is 6.16. The van der Waals surface area contributed by atoms with Crippen molar-refractivity contribution in [2.24, 2.45) is 0 Å². The van der Waals surface area contributed by atoms with E-state index in [1.165, 1.54) is 71.9 Å². The molecule has 0 saturated heterocycles. The van der Waals surface area contributed by atoms with Gasteiger partial charge in [0.15, 0.2) is 0 Å². The first-order valence-electron chi connectivity index (χ1n) is 28.6. The highest BCUT2D eigenvalue weighted by Gasteiger charge is 2.51. The average Bonchev–Trinajstić information content (AvgIpc) is 3.26. The van der Waals surface area contributed by atoms with Gasteiger partial charge in [-0.3, -0.25) is 0 Å². The number of hydrogen-bond donors (Lipinski definition) is 0. The Balaban J connectivity index is 0.788. The van der Waals surface area contributed by atoms with Crippen LogP contribution in [-0.2, 0) is 5.41 Å². The molecule has 0 saturated carbocycles. The van der Waals surface area contributed by atoms with Crippen LogP contribution in [0.15, 0.2) is 300 Å². The summed E-state index contributed by atoms with van der Waals surface area (Å²) in [5, 5.41) is 6.77. The molecule has 3 aromatic heterocycles. The SMILES string of the molecule is c1ccc(-n2c3ccccc3c3cc(-c4ccc5oc6cccc(N(c7ccc(-c8ccc9c(c8)C8(c%10ccccc%10-c%10ccccc%108)c8ccccc8-9)cc7)c7ccc(-c8cccc9c8oc8ccccc89)cc7)c6c5c4)ccc32)cc1. The lowest BCUT2D eigenvalue weighted by molar-refractivity contribution is 0.669. The van der Waals surface area contributed by atoms with Crippen LogP contribution < -0.4 is 4.90 Å². The van der Waals surface area contributed by atoms with Gasteiger partial charge in [0.1, 0.15) is 22.3 Å². The van der Waals surface area contributed by atoms with E-state index in [1.807, 2.05) is 12.1 Å². The smallest absolute Gasteiger partial charge is 0.143 e. The summed E-state index contributed by atoms with van der Waals surface area (Å²) in [5.74, 6) is 0. The van der Waals surface area contributed by atoms with E-state index in [1.54, 1.807) is 0 Å². The second-order valence-electron chi connectivity index (χ2n) is 22.2. The fraction of sp³-hybridized carbons (Fsp3) is 0.0127. The van der Waals surface area contributed by atoms with Gasteiger partial charge in [-0.1, -0.05) is 200 Å². The standard InChI is InChI=1S/C79H48N2O2/c1-2-16-54(17-3-1)81-71-28-12-7-21-62(71)65-46-51(37-44-72(65)81)52-38-45-75-66(47-52)77-73(29-15-31-76(77)82-75)80(56-41-34-50(35-42-56)57-23-14-24-64-63-22-8-13-30-74(63)83-78(57)64)55-39-32-49(33-40-55)53-36-43-61-60-20-6-11-27-69(60)79(70(61)48-53)67-25-9-4-18-58(67)59-19-5-10-26-68(59)79/h1-48H. The van der Waals surface area contributed by atoms with E-state index >= 15 is 0 Å². The Labute approximate surface area is 478 Å². The third-order valence-corrected chi connectivity index (χ3v) is 18.0. The van der Waals surface area contributed by atoms with Crippen LogP contribution in [0.1, 0.15) is 22.3 Å². The predicted octanol–water partition coefficient (Wildman–Crippen LogP) is 21.4. The van der Waals surface area contributed by atoms with Crippen molar-refractivity contribution < 1.29 is 8.83 Å². The predicted molar refractivity (Wildman–Crippen MR) is 343 cm³/mol. The zero-order chi connectivity index (χ0) is 54.3. The lowest BCUT2D eigenvalue weighted by Gasteiger charge is -2.30. The van der Waals surface area contributed by atoms with Crippen LogP contribution in [0.2, 0.25) is 0 Å². The Morgan fingerprint density at radius 2 is 0.795 bits per heavy atom. The van der Waals surface area contributed by atoms with Gasteiger partial charge in [0.2, 0.25) is 0 Å². The normalized spacial score (nSPS) is 12.9. The molecule has 0 fully saturated rings. The maximum Gasteiger partial charge on any atom is 0.143 e. The molecule has 0 unspecified atom stereocenters. The molecule has 13 aromatic carbocycles. The monoisotopic (exact) mass is 1060 g/mol. The molecular weight excluding hydrogens is 1010 g/mol. The molecule has 2 aliphatic carbocycles. The zero-order valence-electron chi connectivity index (χ0n) is 44.9. The van der Waals surface area contributed by atoms with Gasteiger partial charge in [-0.15, -0.1) is 0 Å². The molecule has 0 radical (unpaired) electrons. The van der Waals surface area contributed by atoms with Crippen LogP contribution in [0.3, 0.4) is 0 Å². The van der Waals surface area contributed by atoms with E-state index in [9.17, 15) is 0 Å². The second-order valence-corrected chi connectivity index (χ2v) is 22.2. The molecule has 16 aromatic rings. The molecule has 2 aliphatic rings. The Morgan fingerprint density at radius 3 is 1.53 bits per heavy atom. The van der Waals surface area contributed by atoms with E-state index in [4.69, 9.17) is 8.83 Å². The van der Waals surface area contributed by atoms with Crippen LogP contribution in [0.5, 0.6) is 0 Å². The lowest BCUT2D eigenvalue weighted by atomic mass is 9.70. The van der Waals surface area contributed by atoms with Gasteiger partial charge < -0.3 is 18.3 Å². The summed E-state index contributed by atoms with van der Waals surface area (Å²) in [6.07, 6.45) is 0. The van der Waals surface area contributed by atoms with Crippen molar-refractivity contribution in [2.45, 2.75) is 5.41 Å². The Morgan fingerprint density at radius 1 is 0.289 bits per heavy atom. The molecular formula is C79H48N2O2. The van der Waals surface area contributed by atoms with Crippen molar-refractivity contribution in [1.29, 1.82) is 0 Å². The van der Waals surface area contributed by atoms with Crippen molar-refractivity contribution in [3.8, 4) is 61.3 Å². The molecule has 386 valence electrons. The molecule has 0 aliphatic heterocycles. The van der Waals surface area contributed by atoms with Crippen molar-refractivity contribution in [3.05, 3.63) is 313 Å². The van der Waals surface area contributed by atoms with Crippen LogP contribution in [0, 0.1) is 0 Å². The number of benzene rings is 13. The number of aromatic nitrogens is 1. The zero-order valence-corrected chi connectivity index (χ0v) is 44.9. The molecule has 0 N–H and O–H groups in total. The largest absolute Gasteiger partial charge is 0.456 e. The Kier molecular flexibility index (Phi) is 9.69. The van der Waals surface area contributed by atoms with Gasteiger partial charge in [0.05, 0.1) is 27.5 Å². The minimum Gasteiger partial charge on any atom is -0.456 e. The maximum absolute atomic E-state index is 6.81. The third-order valence-electron chi connectivity index (χ3n) is 18.0. The summed E-state index contributed by atoms with van der Waals surface area (Å²) in [4.78, 5) is 2.39. The quantitative estimate of drug-likeness (QED) is 0.160. The molecule has 83 heavy (non-hydrogen) atoms. The van der Waals surface area contributed by atoms with Crippen molar-refractivity contribution in [3.63, 3.8) is 0 Å². The number of hydrogen-bond acceptors (Lipinski definition) is 3. The number of furan rings is 2. The summed E-state index contributed by atoms with van der Waals surface area (Å²) in [5.41, 5.74) is 26.9. The highest BCUT2D eigenvalue weighted by atomic mass is 16.3. The van der Waals surface area contributed by atoms with E-state index in [2.05, 4.69) is 289 Å². The topological polar surface area (TPSA) is 34.5 Å². The minimum atomic E-state index is -0.421. The Bertz CT molecular complexity index is 5270. The van der Waals surface area contributed by atoms with Gasteiger partial charge in [-0.05, 0) is 163 Å². The first-order valence-corrected chi connectivity index (χ1v) is 28.6. The van der Waals surface area contributed by atoms with E-state index in [-0.39, 0.29) is 0 Å². The highest BCUT2D eigenvalue weighted by Crippen LogP contribution is 2.63. The van der Waals surface area contributed by atoms with Crippen LogP contribution >= 0.6 is 0 Å². The molecule has 18 rings (SSSR count). The van der Waals surface area contributed by atoms with Crippen LogP contribution in [0.4, 0.5) is 17.1 Å². The van der Waals surface area contributed by atoms with Gasteiger partial charge >= 0.3 is 0 Å². The first kappa shape index (κ1) is 45.9. The summed E-state index contributed by atoms with van der Waals surface area (Å²) in [7, 11) is 0. The van der Waals surface area contributed by atoms with Crippen molar-refractivity contribution in [1.82, 2.24) is 4.57 Å². The number of para-hydroxylation sites is 4. The van der Waals surface area contributed by atoms with Crippen molar-refractivity contribution in [2.75, 3.05) is 4.90 Å². The number of nitrogens with zero attached hydrogens (tertiary/aromatic N) is 2. The van der Waals surface area contributed by atoms with Gasteiger partial charge in [0, 0.05) is 49.6 Å². The summed E-state index contributed by atoms with van der Waals surface area (Å²) < 4.78 is 15.7. The molecule has 0 amide bonds. The molecule has 0 atom stereocenters. The summed E-state index contributed by atoms with van der Waals surface area (Å²) in [6, 6.07) is 106. The maximum atomic E-state index is 6.81. The number of rotatable bonds is 7. The van der Waals surface area contributed by atoms with Crippen LogP contribution in [0.25, 0.3) is 127 Å². The molecule has 3 heterocycles. The fourth-order valence-corrected chi connectivity index (χ4v) is 14.5. The summed E-state index contributed by atoms with van der Waals surface area (Å²) >= 11 is 0.